The molecule has 0 radical (unpaired) electrons. The molecule has 2 aromatic carbocycles. The lowest BCUT2D eigenvalue weighted by atomic mass is 10.1. The maximum atomic E-state index is 12.1. The molecule has 128 valence electrons. The normalized spacial score (nSPS) is 11.8. The van der Waals surface area contributed by atoms with Gasteiger partial charge in [0.2, 0.25) is 0 Å². The molecule has 0 spiro atoms. The van der Waals surface area contributed by atoms with Crippen LogP contribution in [0.4, 0.5) is 10.5 Å². The molecule has 2 amide bonds. The quantitative estimate of drug-likeness (QED) is 0.710. The SMILES string of the molecule is CC(NC(=O)Nc1ccc(Cn2cccn2)cc1)c1ccc(Cl)cc1. The van der Waals surface area contributed by atoms with E-state index in [9.17, 15) is 4.79 Å². The molecule has 0 saturated carbocycles. The van der Waals surface area contributed by atoms with E-state index in [2.05, 4.69) is 15.7 Å². The summed E-state index contributed by atoms with van der Waals surface area (Å²) in [6.07, 6.45) is 3.67. The van der Waals surface area contributed by atoms with Crippen LogP contribution >= 0.6 is 11.6 Å². The van der Waals surface area contributed by atoms with Crippen LogP contribution in [0.5, 0.6) is 0 Å². The summed E-state index contributed by atoms with van der Waals surface area (Å²) < 4.78 is 1.85. The molecule has 1 unspecified atom stereocenters. The average Bonchev–Trinajstić information content (AvgIpc) is 3.10. The van der Waals surface area contributed by atoms with Crippen LogP contribution in [0.2, 0.25) is 5.02 Å². The van der Waals surface area contributed by atoms with Crippen LogP contribution in [0.25, 0.3) is 0 Å². The second kappa shape index (κ2) is 7.85. The van der Waals surface area contributed by atoms with E-state index >= 15 is 0 Å². The molecule has 1 aromatic heterocycles. The Labute approximate surface area is 151 Å². The van der Waals surface area contributed by atoms with Gasteiger partial charge >= 0.3 is 6.03 Å². The predicted molar refractivity (Wildman–Crippen MR) is 99.8 cm³/mol. The zero-order chi connectivity index (χ0) is 17.6. The van der Waals surface area contributed by atoms with Crippen LogP contribution in [0.15, 0.2) is 67.0 Å². The largest absolute Gasteiger partial charge is 0.331 e. The van der Waals surface area contributed by atoms with Gasteiger partial charge in [-0.15, -0.1) is 0 Å². The summed E-state index contributed by atoms with van der Waals surface area (Å²) in [5.41, 5.74) is 2.85. The Morgan fingerprint density at radius 1 is 1.16 bits per heavy atom. The van der Waals surface area contributed by atoms with E-state index in [1.807, 2.05) is 72.4 Å². The Morgan fingerprint density at radius 3 is 2.52 bits per heavy atom. The smallest absolute Gasteiger partial charge is 0.319 e. The summed E-state index contributed by atoms with van der Waals surface area (Å²) >= 11 is 5.88. The van der Waals surface area contributed by atoms with Crippen LogP contribution in [-0.4, -0.2) is 15.8 Å². The zero-order valence-corrected chi connectivity index (χ0v) is 14.6. The molecular formula is C19H19ClN4O. The van der Waals surface area contributed by atoms with Crippen LogP contribution in [0.1, 0.15) is 24.1 Å². The highest BCUT2D eigenvalue weighted by Crippen LogP contribution is 2.16. The molecule has 3 aromatic rings. The minimum absolute atomic E-state index is 0.114. The summed E-state index contributed by atoms with van der Waals surface area (Å²) in [5, 5.41) is 10.6. The number of hydrogen-bond donors (Lipinski definition) is 2. The lowest BCUT2D eigenvalue weighted by molar-refractivity contribution is 0.249. The number of hydrogen-bond acceptors (Lipinski definition) is 2. The van der Waals surface area contributed by atoms with Gasteiger partial charge in [0.15, 0.2) is 0 Å². The molecule has 0 bridgehead atoms. The Hall–Kier alpha value is -2.79. The monoisotopic (exact) mass is 354 g/mol. The summed E-state index contributed by atoms with van der Waals surface area (Å²) in [7, 11) is 0. The topological polar surface area (TPSA) is 59.0 Å². The van der Waals surface area contributed by atoms with Gasteiger partial charge in [-0.1, -0.05) is 35.9 Å². The number of nitrogens with one attached hydrogen (secondary N) is 2. The summed E-state index contributed by atoms with van der Waals surface area (Å²) in [5.74, 6) is 0. The zero-order valence-electron chi connectivity index (χ0n) is 13.8. The number of aromatic nitrogens is 2. The van der Waals surface area contributed by atoms with Gasteiger partial charge in [0.25, 0.3) is 0 Å². The van der Waals surface area contributed by atoms with Crippen molar-refractivity contribution in [1.82, 2.24) is 15.1 Å². The average molecular weight is 355 g/mol. The van der Waals surface area contributed by atoms with Gasteiger partial charge in [0.05, 0.1) is 12.6 Å². The summed E-state index contributed by atoms with van der Waals surface area (Å²) in [4.78, 5) is 12.1. The highest BCUT2D eigenvalue weighted by molar-refractivity contribution is 6.30. The predicted octanol–water partition coefficient (Wildman–Crippen LogP) is 4.47. The molecule has 3 rings (SSSR count). The van der Waals surface area contributed by atoms with Crippen molar-refractivity contribution in [2.45, 2.75) is 19.5 Å². The second-order valence-corrected chi connectivity index (χ2v) is 6.21. The molecule has 0 aliphatic heterocycles. The van der Waals surface area contributed by atoms with Gasteiger partial charge in [0, 0.05) is 23.1 Å². The molecule has 1 atom stereocenters. The van der Waals surface area contributed by atoms with Crippen molar-refractivity contribution in [3.63, 3.8) is 0 Å². The van der Waals surface area contributed by atoms with Gasteiger partial charge in [-0.2, -0.15) is 5.10 Å². The lowest BCUT2D eigenvalue weighted by Gasteiger charge is -2.15. The van der Waals surface area contributed by atoms with Crippen molar-refractivity contribution in [3.8, 4) is 0 Å². The van der Waals surface area contributed by atoms with E-state index in [0.717, 1.165) is 16.8 Å². The minimum Gasteiger partial charge on any atom is -0.331 e. The highest BCUT2D eigenvalue weighted by Gasteiger charge is 2.09. The molecule has 0 fully saturated rings. The van der Waals surface area contributed by atoms with E-state index in [0.29, 0.717) is 11.6 Å². The first-order valence-electron chi connectivity index (χ1n) is 7.99. The number of nitrogens with zero attached hydrogens (tertiary/aromatic N) is 2. The Bertz CT molecular complexity index is 814. The van der Waals surface area contributed by atoms with Crippen molar-refractivity contribution in [1.29, 1.82) is 0 Å². The number of amides is 2. The summed E-state index contributed by atoms with van der Waals surface area (Å²) in [6, 6.07) is 16.7. The third-order valence-corrected chi connectivity index (χ3v) is 4.09. The van der Waals surface area contributed by atoms with E-state index in [4.69, 9.17) is 11.6 Å². The van der Waals surface area contributed by atoms with Crippen LogP contribution in [-0.2, 0) is 6.54 Å². The van der Waals surface area contributed by atoms with Crippen LogP contribution in [0.3, 0.4) is 0 Å². The number of anilines is 1. The molecular weight excluding hydrogens is 336 g/mol. The van der Waals surface area contributed by atoms with Crippen molar-refractivity contribution in [3.05, 3.63) is 83.1 Å². The number of carbonyl (C=O) groups is 1. The van der Waals surface area contributed by atoms with Crippen molar-refractivity contribution >= 4 is 23.3 Å². The second-order valence-electron chi connectivity index (χ2n) is 5.77. The fourth-order valence-electron chi connectivity index (χ4n) is 2.47. The first-order chi connectivity index (χ1) is 12.1. The van der Waals surface area contributed by atoms with Gasteiger partial charge in [-0.25, -0.2) is 4.79 Å². The molecule has 1 heterocycles. The van der Waals surface area contributed by atoms with Gasteiger partial charge in [-0.05, 0) is 48.4 Å². The number of benzene rings is 2. The fraction of sp³-hybridized carbons (Fsp3) is 0.158. The van der Waals surface area contributed by atoms with Crippen LogP contribution in [0, 0.1) is 0 Å². The molecule has 0 aliphatic rings. The molecule has 0 aliphatic carbocycles. The Morgan fingerprint density at radius 2 is 1.88 bits per heavy atom. The van der Waals surface area contributed by atoms with Gasteiger partial charge < -0.3 is 10.6 Å². The first kappa shape index (κ1) is 17.0. The van der Waals surface area contributed by atoms with Gasteiger partial charge in [-0.3, -0.25) is 4.68 Å². The van der Waals surface area contributed by atoms with E-state index < -0.39 is 0 Å². The molecule has 0 saturated heterocycles. The van der Waals surface area contributed by atoms with Crippen molar-refractivity contribution in [2.75, 3.05) is 5.32 Å². The third-order valence-electron chi connectivity index (χ3n) is 3.83. The number of urea groups is 1. The minimum atomic E-state index is -0.248. The van der Waals surface area contributed by atoms with E-state index in [-0.39, 0.29) is 12.1 Å². The highest BCUT2D eigenvalue weighted by atomic mass is 35.5. The maximum absolute atomic E-state index is 12.1. The number of rotatable bonds is 5. The molecule has 6 heteroatoms. The van der Waals surface area contributed by atoms with E-state index in [1.165, 1.54) is 0 Å². The number of carbonyl (C=O) groups excluding carboxylic acids is 1. The summed E-state index contributed by atoms with van der Waals surface area (Å²) in [6.45, 7) is 2.63. The molecule has 5 nitrogen and oxygen atoms in total. The first-order valence-corrected chi connectivity index (χ1v) is 8.37. The molecule has 25 heavy (non-hydrogen) atoms. The standard InChI is InChI=1S/C19H19ClN4O/c1-14(16-5-7-17(20)8-6-16)22-19(25)23-18-9-3-15(4-10-18)13-24-12-2-11-21-24/h2-12,14H,13H2,1H3,(H2,22,23,25). The Balaban J connectivity index is 1.54. The van der Waals surface area contributed by atoms with Crippen molar-refractivity contribution in [2.24, 2.45) is 0 Å². The molecule has 2 N–H and O–H groups in total. The van der Waals surface area contributed by atoms with E-state index in [1.54, 1.807) is 6.20 Å². The number of halogens is 1. The Kier molecular flexibility index (Phi) is 5.36. The third kappa shape index (κ3) is 4.84. The maximum Gasteiger partial charge on any atom is 0.319 e. The fourth-order valence-corrected chi connectivity index (χ4v) is 2.60. The van der Waals surface area contributed by atoms with Crippen LogP contribution < -0.4 is 10.6 Å². The lowest BCUT2D eigenvalue weighted by Crippen LogP contribution is -2.31. The van der Waals surface area contributed by atoms with Gasteiger partial charge in [0.1, 0.15) is 0 Å². The van der Waals surface area contributed by atoms with Crippen molar-refractivity contribution < 1.29 is 4.79 Å².